The van der Waals surface area contributed by atoms with Crippen molar-refractivity contribution in [3.63, 3.8) is 0 Å². The minimum Gasteiger partial charge on any atom is -0.340 e. The second-order valence-electron chi connectivity index (χ2n) is 6.69. The first kappa shape index (κ1) is 19.1. The van der Waals surface area contributed by atoms with E-state index in [1.165, 1.54) is 11.6 Å². The summed E-state index contributed by atoms with van der Waals surface area (Å²) in [6.07, 6.45) is 1.85. The Kier molecular flexibility index (Phi) is 6.80. The molecule has 3 nitrogen and oxygen atoms in total. The number of aryl methyl sites for hydroxylation is 1. The van der Waals surface area contributed by atoms with Crippen LogP contribution in [-0.4, -0.2) is 48.4 Å². The van der Waals surface area contributed by atoms with Crippen molar-refractivity contribution in [2.75, 3.05) is 32.7 Å². The van der Waals surface area contributed by atoms with Gasteiger partial charge in [-0.25, -0.2) is 4.39 Å². The quantitative estimate of drug-likeness (QED) is 0.709. The van der Waals surface area contributed by atoms with Gasteiger partial charge in [-0.15, -0.1) is 0 Å². The first-order chi connectivity index (χ1) is 12.6. The summed E-state index contributed by atoms with van der Waals surface area (Å²) in [5.41, 5.74) is 1.95. The monoisotopic (exact) mass is 418 g/mol. The van der Waals surface area contributed by atoms with Crippen molar-refractivity contribution < 1.29 is 9.18 Å². The topological polar surface area (TPSA) is 23.6 Å². The standard InChI is InChI=1S/C21H24BrFN2O/c22-19-8-6-18(20(23)16-19)7-9-21(26)25-14-12-24(13-15-25)11-10-17-4-2-1-3-5-17/h1-6,8,16H,7,9-15H2. The molecule has 3 rings (SSSR count). The molecular weight excluding hydrogens is 395 g/mol. The number of amides is 1. The molecule has 1 saturated heterocycles. The van der Waals surface area contributed by atoms with E-state index in [1.54, 1.807) is 6.07 Å². The van der Waals surface area contributed by atoms with E-state index in [4.69, 9.17) is 0 Å². The molecule has 138 valence electrons. The molecule has 0 saturated carbocycles. The molecule has 0 bridgehead atoms. The second kappa shape index (κ2) is 9.28. The third kappa shape index (κ3) is 5.39. The second-order valence-corrected chi connectivity index (χ2v) is 7.61. The number of carbonyl (C=O) groups excluding carboxylic acids is 1. The predicted molar refractivity (Wildman–Crippen MR) is 106 cm³/mol. The zero-order chi connectivity index (χ0) is 18.4. The largest absolute Gasteiger partial charge is 0.340 e. The van der Waals surface area contributed by atoms with Gasteiger partial charge in [-0.1, -0.05) is 52.3 Å². The summed E-state index contributed by atoms with van der Waals surface area (Å²) in [5, 5.41) is 0. The Balaban J connectivity index is 1.40. The van der Waals surface area contributed by atoms with Gasteiger partial charge in [-0.2, -0.15) is 0 Å². The van der Waals surface area contributed by atoms with E-state index >= 15 is 0 Å². The molecule has 0 spiro atoms. The normalized spacial score (nSPS) is 15.2. The fraction of sp³-hybridized carbons (Fsp3) is 0.381. The van der Waals surface area contributed by atoms with Crippen LogP contribution in [0.4, 0.5) is 4.39 Å². The lowest BCUT2D eigenvalue weighted by Gasteiger charge is -2.34. The molecule has 1 aliphatic heterocycles. The number of hydrogen-bond acceptors (Lipinski definition) is 2. The molecule has 0 N–H and O–H groups in total. The molecule has 1 heterocycles. The Hall–Kier alpha value is -1.72. The summed E-state index contributed by atoms with van der Waals surface area (Å²) in [6.45, 7) is 4.36. The van der Waals surface area contributed by atoms with Crippen LogP contribution in [0, 0.1) is 5.82 Å². The van der Waals surface area contributed by atoms with Crippen LogP contribution < -0.4 is 0 Å². The van der Waals surface area contributed by atoms with Gasteiger partial charge < -0.3 is 4.90 Å². The molecule has 0 aliphatic carbocycles. The summed E-state index contributed by atoms with van der Waals surface area (Å²) < 4.78 is 14.6. The highest BCUT2D eigenvalue weighted by Gasteiger charge is 2.20. The Morgan fingerprint density at radius 2 is 1.73 bits per heavy atom. The molecule has 1 amide bonds. The lowest BCUT2D eigenvalue weighted by atomic mass is 10.1. The summed E-state index contributed by atoms with van der Waals surface area (Å²) in [4.78, 5) is 16.7. The SMILES string of the molecule is O=C(CCc1ccc(Br)cc1F)N1CCN(CCc2ccccc2)CC1. The maximum absolute atomic E-state index is 13.9. The summed E-state index contributed by atoms with van der Waals surface area (Å²) in [7, 11) is 0. The van der Waals surface area contributed by atoms with Crippen LogP contribution in [0.2, 0.25) is 0 Å². The van der Waals surface area contributed by atoms with E-state index in [1.807, 2.05) is 17.0 Å². The van der Waals surface area contributed by atoms with Crippen LogP contribution in [0.25, 0.3) is 0 Å². The van der Waals surface area contributed by atoms with Gasteiger partial charge in [0.05, 0.1) is 0 Å². The fourth-order valence-corrected chi connectivity index (χ4v) is 3.61. The molecule has 0 unspecified atom stereocenters. The minimum absolute atomic E-state index is 0.120. The molecule has 26 heavy (non-hydrogen) atoms. The van der Waals surface area contributed by atoms with Crippen molar-refractivity contribution in [1.82, 2.24) is 9.80 Å². The van der Waals surface area contributed by atoms with E-state index in [0.29, 0.717) is 18.4 Å². The van der Waals surface area contributed by atoms with Gasteiger partial charge >= 0.3 is 0 Å². The average Bonchev–Trinajstić information content (AvgIpc) is 2.67. The lowest BCUT2D eigenvalue weighted by Crippen LogP contribution is -2.49. The Labute approximate surface area is 162 Å². The van der Waals surface area contributed by atoms with Gasteiger partial charge in [0.2, 0.25) is 5.91 Å². The van der Waals surface area contributed by atoms with Crippen LogP contribution in [0.15, 0.2) is 53.0 Å². The summed E-state index contributed by atoms with van der Waals surface area (Å²) in [6, 6.07) is 15.5. The van der Waals surface area contributed by atoms with Crippen LogP contribution in [-0.2, 0) is 17.6 Å². The number of nitrogens with zero attached hydrogens (tertiary/aromatic N) is 2. The Morgan fingerprint density at radius 1 is 1.00 bits per heavy atom. The molecule has 1 aliphatic rings. The van der Waals surface area contributed by atoms with E-state index in [2.05, 4.69) is 45.1 Å². The highest BCUT2D eigenvalue weighted by molar-refractivity contribution is 9.10. The molecule has 1 fully saturated rings. The zero-order valence-electron chi connectivity index (χ0n) is 14.8. The van der Waals surface area contributed by atoms with Gasteiger partial charge in [-0.3, -0.25) is 9.69 Å². The highest BCUT2D eigenvalue weighted by atomic mass is 79.9. The Bertz CT molecular complexity index is 730. The number of rotatable bonds is 6. The number of piperazine rings is 1. The van der Waals surface area contributed by atoms with Crippen molar-refractivity contribution in [2.45, 2.75) is 19.3 Å². The van der Waals surface area contributed by atoms with Crippen LogP contribution in [0.1, 0.15) is 17.5 Å². The summed E-state index contributed by atoms with van der Waals surface area (Å²) in [5.74, 6) is -0.132. The number of halogens is 2. The number of carbonyl (C=O) groups is 1. The maximum atomic E-state index is 13.9. The van der Waals surface area contributed by atoms with Crippen molar-refractivity contribution in [1.29, 1.82) is 0 Å². The Morgan fingerprint density at radius 3 is 2.42 bits per heavy atom. The van der Waals surface area contributed by atoms with Crippen LogP contribution in [0.3, 0.4) is 0 Å². The molecule has 0 aromatic heterocycles. The molecule has 0 radical (unpaired) electrons. The zero-order valence-corrected chi connectivity index (χ0v) is 16.4. The van der Waals surface area contributed by atoms with E-state index < -0.39 is 0 Å². The molecular formula is C21H24BrFN2O. The third-order valence-corrected chi connectivity index (χ3v) is 5.40. The van der Waals surface area contributed by atoms with Gasteiger partial charge in [0.25, 0.3) is 0 Å². The molecule has 5 heteroatoms. The number of benzene rings is 2. The highest BCUT2D eigenvalue weighted by Crippen LogP contribution is 2.17. The molecule has 2 aromatic rings. The summed E-state index contributed by atoms with van der Waals surface area (Å²) >= 11 is 3.25. The van der Waals surface area contributed by atoms with Crippen LogP contribution >= 0.6 is 15.9 Å². The third-order valence-electron chi connectivity index (χ3n) is 4.91. The minimum atomic E-state index is -0.252. The molecule has 0 atom stereocenters. The molecule has 2 aromatic carbocycles. The van der Waals surface area contributed by atoms with Crippen molar-refractivity contribution in [3.05, 3.63) is 69.9 Å². The van der Waals surface area contributed by atoms with E-state index in [9.17, 15) is 9.18 Å². The van der Waals surface area contributed by atoms with Gasteiger partial charge in [0.1, 0.15) is 5.82 Å². The first-order valence-corrected chi connectivity index (χ1v) is 9.89. The van der Waals surface area contributed by atoms with Crippen molar-refractivity contribution in [3.8, 4) is 0 Å². The number of hydrogen-bond donors (Lipinski definition) is 0. The lowest BCUT2D eigenvalue weighted by molar-refractivity contribution is -0.132. The average molecular weight is 419 g/mol. The van der Waals surface area contributed by atoms with E-state index in [-0.39, 0.29) is 11.7 Å². The predicted octanol–water partition coefficient (Wildman–Crippen LogP) is 3.91. The smallest absolute Gasteiger partial charge is 0.222 e. The first-order valence-electron chi connectivity index (χ1n) is 9.10. The van der Waals surface area contributed by atoms with Gasteiger partial charge in [0.15, 0.2) is 0 Å². The van der Waals surface area contributed by atoms with Crippen molar-refractivity contribution in [2.24, 2.45) is 0 Å². The fourth-order valence-electron chi connectivity index (χ4n) is 3.28. The van der Waals surface area contributed by atoms with E-state index in [0.717, 1.165) is 43.6 Å². The van der Waals surface area contributed by atoms with Gasteiger partial charge in [0, 0.05) is 43.6 Å². The van der Waals surface area contributed by atoms with Crippen LogP contribution in [0.5, 0.6) is 0 Å². The van der Waals surface area contributed by atoms with Crippen molar-refractivity contribution >= 4 is 21.8 Å². The maximum Gasteiger partial charge on any atom is 0.222 e. The van der Waals surface area contributed by atoms with Gasteiger partial charge in [-0.05, 0) is 36.1 Å².